The van der Waals surface area contributed by atoms with Gasteiger partial charge in [-0.1, -0.05) is 200 Å². The lowest BCUT2D eigenvalue weighted by Gasteiger charge is -2.21. The Morgan fingerprint density at radius 1 is 0.192 bits per heavy atom. The molecule has 10 aromatic rings. The number of fused-ring (bicyclic) bond motifs is 4. The molecule has 0 unspecified atom stereocenters. The van der Waals surface area contributed by atoms with Crippen molar-refractivity contribution in [1.82, 2.24) is 0 Å². The van der Waals surface area contributed by atoms with Crippen LogP contribution in [0.2, 0.25) is 0 Å². The van der Waals surface area contributed by atoms with Crippen LogP contribution < -0.4 is 0 Å². The lowest BCUT2D eigenvalue weighted by atomic mass is 9.82. The van der Waals surface area contributed by atoms with Gasteiger partial charge in [0.1, 0.15) is 0 Å². The van der Waals surface area contributed by atoms with Crippen LogP contribution in [0, 0.1) is 0 Å². The first-order valence-electron chi connectivity index (χ1n) is 18.0. The second-order valence-corrected chi connectivity index (χ2v) is 13.6. The summed E-state index contributed by atoms with van der Waals surface area (Å²) in [4.78, 5) is 0. The van der Waals surface area contributed by atoms with Gasteiger partial charge >= 0.3 is 0 Å². The van der Waals surface area contributed by atoms with Crippen LogP contribution in [0.5, 0.6) is 0 Å². The topological polar surface area (TPSA) is 0 Å². The van der Waals surface area contributed by atoms with Crippen molar-refractivity contribution < 1.29 is 0 Å². The van der Waals surface area contributed by atoms with Crippen LogP contribution in [-0.2, 0) is 0 Å². The average Bonchev–Trinajstić information content (AvgIpc) is 3.22. The Morgan fingerprint density at radius 2 is 0.596 bits per heavy atom. The van der Waals surface area contributed by atoms with Crippen LogP contribution in [0.4, 0.5) is 0 Å². The largest absolute Gasteiger partial charge is 0.0622 e. The molecule has 0 N–H and O–H groups in total. The summed E-state index contributed by atoms with van der Waals surface area (Å²) >= 11 is 0. The van der Waals surface area contributed by atoms with E-state index in [4.69, 9.17) is 0 Å². The molecular weight excluding hydrogens is 625 g/mol. The average molecular weight is 659 g/mol. The van der Waals surface area contributed by atoms with Crippen LogP contribution in [-0.4, -0.2) is 0 Å². The predicted molar refractivity (Wildman–Crippen MR) is 224 cm³/mol. The highest BCUT2D eigenvalue weighted by atomic mass is 14.2. The van der Waals surface area contributed by atoms with E-state index in [1.165, 1.54) is 98.7 Å². The summed E-state index contributed by atoms with van der Waals surface area (Å²) in [5.74, 6) is 0. The van der Waals surface area contributed by atoms with Gasteiger partial charge in [0.2, 0.25) is 0 Å². The van der Waals surface area contributed by atoms with Crippen LogP contribution in [0.15, 0.2) is 206 Å². The van der Waals surface area contributed by atoms with Crippen molar-refractivity contribution in [3.8, 4) is 55.6 Å². The molecule has 0 spiro atoms. The maximum absolute atomic E-state index is 2.44. The fourth-order valence-electron chi connectivity index (χ4n) is 8.29. The summed E-state index contributed by atoms with van der Waals surface area (Å²) in [7, 11) is 0. The van der Waals surface area contributed by atoms with E-state index in [0.29, 0.717) is 0 Å². The quantitative estimate of drug-likeness (QED) is 0.161. The molecule has 0 saturated carbocycles. The highest BCUT2D eigenvalue weighted by Gasteiger charge is 2.20. The van der Waals surface area contributed by atoms with E-state index in [9.17, 15) is 0 Å². The summed E-state index contributed by atoms with van der Waals surface area (Å²) in [6.45, 7) is 0. The minimum absolute atomic E-state index is 1.20. The Morgan fingerprint density at radius 3 is 1.15 bits per heavy atom. The van der Waals surface area contributed by atoms with Gasteiger partial charge in [-0.15, -0.1) is 0 Å². The molecular formula is C52H34. The van der Waals surface area contributed by atoms with Crippen molar-refractivity contribution in [2.45, 2.75) is 0 Å². The zero-order valence-electron chi connectivity index (χ0n) is 28.6. The van der Waals surface area contributed by atoms with Crippen LogP contribution in [0.1, 0.15) is 0 Å². The highest BCUT2D eigenvalue weighted by molar-refractivity contribution is 6.22. The van der Waals surface area contributed by atoms with E-state index in [2.05, 4.69) is 206 Å². The molecule has 0 atom stereocenters. The summed E-state index contributed by atoms with van der Waals surface area (Å²) < 4.78 is 0. The molecule has 0 nitrogen and oxygen atoms in total. The standard InChI is InChI=1S/C52H34/c1-2-16-39(17-3-1)51-46-22-8-10-24-48(46)52(49-25-11-9-23-47(49)51)50-34-40(44-27-13-19-36-15-5-7-21-42(36)44)32-33-45(50)38-30-28-37(29-31-38)43-26-12-18-35-14-4-6-20-41(35)43/h1-34H. The van der Waals surface area contributed by atoms with E-state index in [-0.39, 0.29) is 0 Å². The van der Waals surface area contributed by atoms with Crippen molar-refractivity contribution in [3.63, 3.8) is 0 Å². The van der Waals surface area contributed by atoms with Crippen LogP contribution in [0.3, 0.4) is 0 Å². The van der Waals surface area contributed by atoms with Gasteiger partial charge in [0.25, 0.3) is 0 Å². The summed E-state index contributed by atoms with van der Waals surface area (Å²) in [5.41, 5.74) is 12.4. The lowest BCUT2D eigenvalue weighted by Crippen LogP contribution is -1.94. The molecule has 0 aliphatic carbocycles. The van der Waals surface area contributed by atoms with Gasteiger partial charge in [-0.2, -0.15) is 0 Å². The Kier molecular flexibility index (Phi) is 7.25. The zero-order valence-corrected chi connectivity index (χ0v) is 28.6. The molecule has 10 aromatic carbocycles. The van der Waals surface area contributed by atoms with E-state index in [1.807, 2.05) is 0 Å². The van der Waals surface area contributed by atoms with E-state index < -0.39 is 0 Å². The first kappa shape index (κ1) is 30.1. The van der Waals surface area contributed by atoms with Gasteiger partial charge in [-0.3, -0.25) is 0 Å². The summed E-state index contributed by atoms with van der Waals surface area (Å²) in [5, 5.41) is 10.1. The molecule has 0 amide bonds. The Balaban J connectivity index is 1.25. The monoisotopic (exact) mass is 658 g/mol. The molecule has 0 aliphatic rings. The molecule has 0 heteroatoms. The lowest BCUT2D eigenvalue weighted by molar-refractivity contribution is 1.58. The van der Waals surface area contributed by atoms with Crippen molar-refractivity contribution in [2.75, 3.05) is 0 Å². The van der Waals surface area contributed by atoms with Gasteiger partial charge in [0.05, 0.1) is 0 Å². The van der Waals surface area contributed by atoms with Gasteiger partial charge in [-0.05, 0) is 105 Å². The van der Waals surface area contributed by atoms with Gasteiger partial charge in [0.15, 0.2) is 0 Å². The molecule has 52 heavy (non-hydrogen) atoms. The second kappa shape index (κ2) is 12.5. The first-order chi connectivity index (χ1) is 25.8. The predicted octanol–water partition coefficient (Wildman–Crippen LogP) is 14.6. The van der Waals surface area contributed by atoms with Gasteiger partial charge in [0, 0.05) is 0 Å². The summed E-state index contributed by atoms with van der Waals surface area (Å²) in [6.07, 6.45) is 0. The number of benzene rings is 10. The zero-order chi connectivity index (χ0) is 34.4. The number of hydrogen-bond acceptors (Lipinski definition) is 0. The Bertz CT molecular complexity index is 2860. The van der Waals surface area contributed by atoms with Crippen molar-refractivity contribution >= 4 is 43.1 Å². The summed E-state index contributed by atoms with van der Waals surface area (Å²) in [6, 6.07) is 75.6. The third-order valence-electron chi connectivity index (χ3n) is 10.7. The molecule has 0 fully saturated rings. The molecule has 0 radical (unpaired) electrons. The molecule has 0 aromatic heterocycles. The van der Waals surface area contributed by atoms with Gasteiger partial charge < -0.3 is 0 Å². The Hall–Kier alpha value is -6.76. The molecule has 10 rings (SSSR count). The second-order valence-electron chi connectivity index (χ2n) is 13.6. The maximum atomic E-state index is 2.44. The van der Waals surface area contributed by atoms with Crippen LogP contribution in [0.25, 0.3) is 98.7 Å². The van der Waals surface area contributed by atoms with Gasteiger partial charge in [-0.25, -0.2) is 0 Å². The number of hydrogen-bond donors (Lipinski definition) is 0. The van der Waals surface area contributed by atoms with Crippen molar-refractivity contribution in [3.05, 3.63) is 206 Å². The fourth-order valence-corrected chi connectivity index (χ4v) is 8.29. The molecule has 0 aliphatic heterocycles. The maximum Gasteiger partial charge on any atom is -0.00199 e. The smallest absolute Gasteiger partial charge is 0.00199 e. The SMILES string of the molecule is c1ccc(-c2c3ccccc3c(-c3cc(-c4cccc5ccccc45)ccc3-c3ccc(-c4cccc5ccccc45)cc3)c3ccccc23)cc1. The van der Waals surface area contributed by atoms with Crippen molar-refractivity contribution in [1.29, 1.82) is 0 Å². The fraction of sp³-hybridized carbons (Fsp3) is 0. The third-order valence-corrected chi connectivity index (χ3v) is 10.7. The molecule has 0 heterocycles. The van der Waals surface area contributed by atoms with E-state index in [1.54, 1.807) is 0 Å². The molecule has 0 saturated heterocycles. The van der Waals surface area contributed by atoms with E-state index >= 15 is 0 Å². The molecule has 0 bridgehead atoms. The minimum Gasteiger partial charge on any atom is -0.0622 e. The normalized spacial score (nSPS) is 11.5. The number of rotatable bonds is 5. The Labute approximate surface area is 303 Å². The molecule has 242 valence electrons. The first-order valence-corrected chi connectivity index (χ1v) is 18.0. The van der Waals surface area contributed by atoms with Crippen molar-refractivity contribution in [2.24, 2.45) is 0 Å². The highest BCUT2D eigenvalue weighted by Crippen LogP contribution is 2.47. The third kappa shape index (κ3) is 5.00. The van der Waals surface area contributed by atoms with Crippen LogP contribution >= 0.6 is 0 Å². The minimum atomic E-state index is 1.20. The van der Waals surface area contributed by atoms with E-state index in [0.717, 1.165) is 0 Å².